The molecule has 0 radical (unpaired) electrons. The van der Waals surface area contributed by atoms with E-state index in [1.54, 1.807) is 25.5 Å². The normalized spacial score (nSPS) is 12.1. The third-order valence-electron chi connectivity index (χ3n) is 4.76. The van der Waals surface area contributed by atoms with Crippen LogP contribution in [0.15, 0.2) is 44.7 Å². The average Bonchev–Trinajstić information content (AvgIpc) is 2.77. The summed E-state index contributed by atoms with van der Waals surface area (Å²) in [7, 11) is 1.56. The Balaban J connectivity index is 2.12. The third kappa shape index (κ3) is 5.10. The van der Waals surface area contributed by atoms with Gasteiger partial charge >= 0.3 is 0 Å². The Morgan fingerprint density at radius 1 is 1.39 bits per heavy atom. The van der Waals surface area contributed by atoms with Gasteiger partial charge in [0.2, 0.25) is 0 Å². The van der Waals surface area contributed by atoms with Crippen LogP contribution in [-0.2, 0) is 0 Å². The van der Waals surface area contributed by atoms with E-state index in [2.05, 4.69) is 56.5 Å². The van der Waals surface area contributed by atoms with Gasteiger partial charge in [-0.15, -0.1) is 6.42 Å². The van der Waals surface area contributed by atoms with Crippen molar-refractivity contribution in [1.29, 1.82) is 0 Å². The molecule has 3 rings (SSSR count). The van der Waals surface area contributed by atoms with E-state index < -0.39 is 0 Å². The van der Waals surface area contributed by atoms with E-state index in [0.717, 1.165) is 20.0 Å². The maximum atomic E-state index is 13.2. The van der Waals surface area contributed by atoms with Crippen LogP contribution < -0.4 is 15.0 Å². The van der Waals surface area contributed by atoms with Crippen LogP contribution in [0.5, 0.6) is 11.5 Å². The number of ether oxygens (including phenoxy) is 2. The number of benzene rings is 2. The predicted octanol–water partition coefficient (Wildman–Crippen LogP) is 5.18. The summed E-state index contributed by atoms with van der Waals surface area (Å²) in [5.41, 5.74) is 1.19. The van der Waals surface area contributed by atoms with Gasteiger partial charge in [-0.05, 0) is 64.9 Å². The Hall–Kier alpha value is -2.38. The summed E-state index contributed by atoms with van der Waals surface area (Å²) in [6.07, 6.45) is 7.74. The number of nitrogens with zero attached hydrogens (tertiary/aromatic N) is 3. The van der Waals surface area contributed by atoms with Gasteiger partial charge in [0.15, 0.2) is 11.5 Å². The molecule has 0 unspecified atom stereocenters. The molecule has 0 aliphatic rings. The minimum atomic E-state index is -0.214. The number of hydrogen-bond acceptors (Lipinski definition) is 5. The molecule has 31 heavy (non-hydrogen) atoms. The SMILES string of the molecule is C#CCOc1c(I)cc(C=Nn2c([C@@H](C)CC)nc3ccc(Br)cc3c2=O)cc1OC. The monoisotopic (exact) mass is 593 g/mol. The van der Waals surface area contributed by atoms with Crippen LogP contribution in [0.2, 0.25) is 0 Å². The second kappa shape index (κ2) is 10.3. The molecule has 0 aliphatic heterocycles. The summed E-state index contributed by atoms with van der Waals surface area (Å²) < 4.78 is 14.0. The Labute approximate surface area is 202 Å². The van der Waals surface area contributed by atoms with Gasteiger partial charge in [0.05, 0.1) is 27.8 Å². The van der Waals surface area contributed by atoms with E-state index >= 15 is 0 Å². The van der Waals surface area contributed by atoms with Gasteiger partial charge in [0.1, 0.15) is 12.4 Å². The molecular weight excluding hydrogens is 573 g/mol. The molecule has 6 nitrogen and oxygen atoms in total. The summed E-state index contributed by atoms with van der Waals surface area (Å²) in [5.74, 6) is 4.25. The largest absolute Gasteiger partial charge is 0.493 e. The smallest absolute Gasteiger partial charge is 0.282 e. The second-order valence-electron chi connectivity index (χ2n) is 6.83. The fourth-order valence-electron chi connectivity index (χ4n) is 2.97. The first kappa shape index (κ1) is 23.3. The molecule has 0 fully saturated rings. The van der Waals surface area contributed by atoms with Gasteiger partial charge in [0.25, 0.3) is 5.56 Å². The first-order valence-electron chi connectivity index (χ1n) is 9.59. The molecule has 0 saturated heterocycles. The molecule has 0 amide bonds. The van der Waals surface area contributed by atoms with E-state index in [9.17, 15) is 4.79 Å². The van der Waals surface area contributed by atoms with Crippen molar-refractivity contribution in [2.45, 2.75) is 26.2 Å². The first-order valence-corrected chi connectivity index (χ1v) is 11.5. The Morgan fingerprint density at radius 3 is 2.84 bits per heavy atom. The van der Waals surface area contributed by atoms with Crippen molar-refractivity contribution in [2.75, 3.05) is 13.7 Å². The molecule has 0 saturated carbocycles. The molecule has 160 valence electrons. The summed E-state index contributed by atoms with van der Waals surface area (Å²) >= 11 is 5.58. The zero-order valence-corrected chi connectivity index (χ0v) is 21.1. The molecule has 0 N–H and O–H groups in total. The molecule has 1 heterocycles. The fourth-order valence-corrected chi connectivity index (χ4v) is 4.11. The highest BCUT2D eigenvalue weighted by Crippen LogP contribution is 2.33. The Kier molecular flexibility index (Phi) is 7.73. The summed E-state index contributed by atoms with van der Waals surface area (Å²) in [6, 6.07) is 9.15. The quantitative estimate of drug-likeness (QED) is 0.215. The van der Waals surface area contributed by atoms with Crippen LogP contribution >= 0.6 is 38.5 Å². The maximum Gasteiger partial charge on any atom is 0.282 e. The average molecular weight is 594 g/mol. The number of fused-ring (bicyclic) bond motifs is 1. The van der Waals surface area contributed by atoms with Gasteiger partial charge in [-0.3, -0.25) is 4.79 Å². The summed E-state index contributed by atoms with van der Waals surface area (Å²) in [4.78, 5) is 18.0. The lowest BCUT2D eigenvalue weighted by Crippen LogP contribution is -2.23. The Morgan fingerprint density at radius 2 is 2.16 bits per heavy atom. The van der Waals surface area contributed by atoms with E-state index in [-0.39, 0.29) is 18.1 Å². The first-order chi connectivity index (χ1) is 14.9. The lowest BCUT2D eigenvalue weighted by atomic mass is 10.1. The minimum Gasteiger partial charge on any atom is -0.493 e. The van der Waals surface area contributed by atoms with E-state index in [1.807, 2.05) is 25.1 Å². The minimum absolute atomic E-state index is 0.0621. The molecule has 0 aliphatic carbocycles. The number of hydrogen-bond donors (Lipinski definition) is 0. The summed E-state index contributed by atoms with van der Waals surface area (Å²) in [5, 5.41) is 5.01. The molecule has 2 aromatic carbocycles. The zero-order valence-electron chi connectivity index (χ0n) is 17.4. The van der Waals surface area contributed by atoms with Crippen LogP contribution in [0.3, 0.4) is 0 Å². The highest BCUT2D eigenvalue weighted by atomic mass is 127. The van der Waals surface area contributed by atoms with Crippen LogP contribution in [0, 0.1) is 15.9 Å². The van der Waals surface area contributed by atoms with Crippen molar-refractivity contribution in [1.82, 2.24) is 9.66 Å². The molecule has 0 bridgehead atoms. The van der Waals surface area contributed by atoms with Crippen molar-refractivity contribution in [3.8, 4) is 23.8 Å². The van der Waals surface area contributed by atoms with E-state index in [1.165, 1.54) is 4.68 Å². The fraction of sp³-hybridized carbons (Fsp3) is 0.261. The number of halogens is 2. The van der Waals surface area contributed by atoms with Gasteiger partial charge in [-0.2, -0.15) is 9.78 Å². The predicted molar refractivity (Wildman–Crippen MR) is 135 cm³/mol. The Bertz CT molecular complexity index is 1250. The zero-order chi connectivity index (χ0) is 22.5. The number of aromatic nitrogens is 2. The highest BCUT2D eigenvalue weighted by molar-refractivity contribution is 14.1. The van der Waals surface area contributed by atoms with Crippen LogP contribution in [-0.4, -0.2) is 29.6 Å². The number of methoxy groups -OCH3 is 1. The van der Waals surface area contributed by atoms with Gasteiger partial charge < -0.3 is 9.47 Å². The lowest BCUT2D eigenvalue weighted by Gasteiger charge is -2.14. The maximum absolute atomic E-state index is 13.2. The van der Waals surface area contributed by atoms with Crippen molar-refractivity contribution in [3.05, 3.63) is 60.1 Å². The molecule has 0 spiro atoms. The second-order valence-corrected chi connectivity index (χ2v) is 8.91. The van der Waals surface area contributed by atoms with E-state index in [0.29, 0.717) is 28.2 Å². The topological polar surface area (TPSA) is 65.7 Å². The van der Waals surface area contributed by atoms with Gasteiger partial charge in [-0.1, -0.05) is 35.7 Å². The lowest BCUT2D eigenvalue weighted by molar-refractivity contribution is 0.328. The summed E-state index contributed by atoms with van der Waals surface area (Å²) in [6.45, 7) is 4.23. The molecular formula is C23H21BrIN3O3. The van der Waals surface area contributed by atoms with Crippen molar-refractivity contribution >= 4 is 55.6 Å². The van der Waals surface area contributed by atoms with Crippen LogP contribution in [0.1, 0.15) is 37.6 Å². The molecule has 3 aromatic rings. The van der Waals surface area contributed by atoms with E-state index in [4.69, 9.17) is 20.9 Å². The standard InChI is InChI=1S/C23H21BrIN3O3/c1-5-9-31-21-18(25)10-15(11-20(21)30-4)13-26-28-22(14(3)6-2)27-19-8-7-16(24)12-17(19)23(28)29/h1,7-8,10-14H,6,9H2,2-4H3/t14-/m0/s1. The third-order valence-corrected chi connectivity index (χ3v) is 6.05. The van der Waals surface area contributed by atoms with Crippen molar-refractivity contribution in [3.63, 3.8) is 0 Å². The van der Waals surface area contributed by atoms with Crippen molar-refractivity contribution in [2.24, 2.45) is 5.10 Å². The number of terminal acetylenes is 1. The van der Waals surface area contributed by atoms with Crippen LogP contribution in [0.25, 0.3) is 10.9 Å². The molecule has 8 heteroatoms. The van der Waals surface area contributed by atoms with Gasteiger partial charge in [-0.25, -0.2) is 4.98 Å². The highest BCUT2D eigenvalue weighted by Gasteiger charge is 2.16. The molecule has 1 aromatic heterocycles. The van der Waals surface area contributed by atoms with Crippen molar-refractivity contribution < 1.29 is 9.47 Å². The van der Waals surface area contributed by atoms with Gasteiger partial charge in [0, 0.05) is 10.4 Å². The van der Waals surface area contributed by atoms with Crippen LogP contribution in [0.4, 0.5) is 0 Å². The number of rotatable bonds is 7. The molecule has 1 atom stereocenters.